The predicted molar refractivity (Wildman–Crippen MR) is 64.0 cm³/mol. The van der Waals surface area contributed by atoms with E-state index in [4.69, 9.17) is 0 Å². The van der Waals surface area contributed by atoms with Crippen molar-refractivity contribution in [1.82, 2.24) is 15.0 Å². The molecule has 3 rings (SSSR count). The first-order valence-corrected chi connectivity index (χ1v) is 6.77. The van der Waals surface area contributed by atoms with Gasteiger partial charge in [0.15, 0.2) is 6.29 Å². The van der Waals surface area contributed by atoms with E-state index >= 15 is 0 Å². The van der Waals surface area contributed by atoms with Gasteiger partial charge in [-0.1, -0.05) is 24.5 Å². The van der Waals surface area contributed by atoms with Gasteiger partial charge in [-0.25, -0.2) is 4.68 Å². The maximum atomic E-state index is 11.0. The predicted octanol–water partition coefficient (Wildman–Crippen LogP) is 2.55. The minimum absolute atomic E-state index is 0.485. The Labute approximate surface area is 101 Å². The summed E-state index contributed by atoms with van der Waals surface area (Å²) in [7, 11) is 0. The molecule has 0 aliphatic heterocycles. The number of aldehydes is 1. The summed E-state index contributed by atoms with van der Waals surface area (Å²) in [6, 6.07) is 0.485. The van der Waals surface area contributed by atoms with Crippen LogP contribution in [0.4, 0.5) is 0 Å². The van der Waals surface area contributed by atoms with E-state index in [1.807, 2.05) is 0 Å². The van der Waals surface area contributed by atoms with Gasteiger partial charge < -0.3 is 0 Å². The number of hydrogen-bond donors (Lipinski definition) is 0. The lowest BCUT2D eigenvalue weighted by Gasteiger charge is -2.23. The van der Waals surface area contributed by atoms with Crippen molar-refractivity contribution in [3.63, 3.8) is 0 Å². The molecule has 0 radical (unpaired) electrons. The van der Waals surface area contributed by atoms with Gasteiger partial charge >= 0.3 is 0 Å². The summed E-state index contributed by atoms with van der Waals surface area (Å²) in [4.78, 5) is 11.0. The molecule has 4 nitrogen and oxygen atoms in total. The van der Waals surface area contributed by atoms with Gasteiger partial charge in [-0.05, 0) is 38.0 Å². The van der Waals surface area contributed by atoms with Crippen LogP contribution in [-0.2, 0) is 6.42 Å². The van der Waals surface area contributed by atoms with E-state index in [1.54, 1.807) is 0 Å². The molecule has 2 saturated carbocycles. The Morgan fingerprint density at radius 1 is 1.18 bits per heavy atom. The van der Waals surface area contributed by atoms with Crippen LogP contribution in [0.15, 0.2) is 0 Å². The molecule has 1 aromatic heterocycles. The van der Waals surface area contributed by atoms with Crippen LogP contribution in [-0.4, -0.2) is 21.3 Å². The van der Waals surface area contributed by atoms with E-state index < -0.39 is 0 Å². The first-order chi connectivity index (χ1) is 8.38. The highest BCUT2D eigenvalue weighted by Crippen LogP contribution is 2.35. The van der Waals surface area contributed by atoms with Gasteiger partial charge in [0.1, 0.15) is 5.69 Å². The Hall–Kier alpha value is -1.19. The van der Waals surface area contributed by atoms with Crippen molar-refractivity contribution in [2.24, 2.45) is 5.92 Å². The molecule has 0 spiro atoms. The summed E-state index contributed by atoms with van der Waals surface area (Å²) in [6.07, 6.45) is 10.7. The van der Waals surface area contributed by atoms with Gasteiger partial charge in [0.2, 0.25) is 0 Å². The summed E-state index contributed by atoms with van der Waals surface area (Å²) >= 11 is 0. The molecular formula is C13H19N3O. The van der Waals surface area contributed by atoms with Crippen LogP contribution in [0.3, 0.4) is 0 Å². The van der Waals surface area contributed by atoms with Crippen molar-refractivity contribution in [3.8, 4) is 0 Å². The van der Waals surface area contributed by atoms with Crippen LogP contribution in [0.5, 0.6) is 0 Å². The zero-order valence-electron chi connectivity index (χ0n) is 10.1. The minimum atomic E-state index is 0.485. The summed E-state index contributed by atoms with van der Waals surface area (Å²) < 4.78 is 2.06. The quantitative estimate of drug-likeness (QED) is 0.751. The average molecular weight is 233 g/mol. The smallest absolute Gasteiger partial charge is 0.172 e. The number of carbonyl (C=O) groups is 1. The Morgan fingerprint density at radius 2 is 1.94 bits per heavy atom. The Morgan fingerprint density at radius 3 is 2.59 bits per heavy atom. The molecule has 0 amide bonds. The molecule has 17 heavy (non-hydrogen) atoms. The highest BCUT2D eigenvalue weighted by molar-refractivity contribution is 5.73. The van der Waals surface area contributed by atoms with Crippen molar-refractivity contribution in [3.05, 3.63) is 11.4 Å². The van der Waals surface area contributed by atoms with Gasteiger partial charge in [-0.2, -0.15) is 0 Å². The summed E-state index contributed by atoms with van der Waals surface area (Å²) in [6.45, 7) is 0. The van der Waals surface area contributed by atoms with Crippen LogP contribution in [0.2, 0.25) is 0 Å². The average Bonchev–Trinajstić information content (AvgIpc) is 3.09. The van der Waals surface area contributed by atoms with Crippen molar-refractivity contribution in [2.75, 3.05) is 0 Å². The topological polar surface area (TPSA) is 47.8 Å². The van der Waals surface area contributed by atoms with Crippen LogP contribution >= 0.6 is 0 Å². The molecule has 0 saturated heterocycles. The second-order valence-corrected chi connectivity index (χ2v) is 5.42. The molecule has 2 aliphatic rings. The first kappa shape index (κ1) is 10.9. The maximum Gasteiger partial charge on any atom is 0.172 e. The van der Waals surface area contributed by atoms with E-state index in [0.29, 0.717) is 11.7 Å². The number of rotatable bonds is 4. The van der Waals surface area contributed by atoms with Gasteiger partial charge in [0.25, 0.3) is 0 Å². The van der Waals surface area contributed by atoms with Crippen molar-refractivity contribution in [2.45, 2.75) is 57.4 Å². The van der Waals surface area contributed by atoms with Crippen LogP contribution in [0.25, 0.3) is 0 Å². The fourth-order valence-corrected chi connectivity index (χ4v) is 2.83. The van der Waals surface area contributed by atoms with E-state index in [1.165, 1.54) is 44.9 Å². The molecule has 2 aliphatic carbocycles. The molecule has 0 unspecified atom stereocenters. The molecule has 1 heterocycles. The van der Waals surface area contributed by atoms with E-state index in [2.05, 4.69) is 15.0 Å². The SMILES string of the molecule is O=Cc1nnn(C2CCCCC2)c1CC1CC1. The number of carbonyl (C=O) groups excluding carboxylic acids is 1. The lowest BCUT2D eigenvalue weighted by molar-refractivity contribution is 0.111. The summed E-state index contributed by atoms with van der Waals surface area (Å²) in [5, 5.41) is 8.26. The number of aromatic nitrogens is 3. The van der Waals surface area contributed by atoms with E-state index in [0.717, 1.165) is 24.3 Å². The highest BCUT2D eigenvalue weighted by Gasteiger charge is 2.28. The molecule has 1 aromatic rings. The molecule has 0 aromatic carbocycles. The number of nitrogens with zero attached hydrogens (tertiary/aromatic N) is 3. The normalized spacial score (nSPS) is 21.6. The van der Waals surface area contributed by atoms with Crippen molar-refractivity contribution in [1.29, 1.82) is 0 Å². The Balaban J connectivity index is 1.85. The molecule has 0 atom stereocenters. The monoisotopic (exact) mass is 233 g/mol. The third-order valence-corrected chi connectivity index (χ3v) is 4.03. The Kier molecular flexibility index (Phi) is 2.95. The van der Waals surface area contributed by atoms with E-state index in [9.17, 15) is 4.79 Å². The van der Waals surface area contributed by atoms with Crippen LogP contribution in [0.1, 0.15) is 67.2 Å². The zero-order chi connectivity index (χ0) is 11.7. The second-order valence-electron chi connectivity index (χ2n) is 5.42. The largest absolute Gasteiger partial charge is 0.296 e. The van der Waals surface area contributed by atoms with Crippen LogP contribution < -0.4 is 0 Å². The third kappa shape index (κ3) is 2.26. The fourth-order valence-electron chi connectivity index (χ4n) is 2.83. The third-order valence-electron chi connectivity index (χ3n) is 4.03. The fraction of sp³-hybridized carbons (Fsp3) is 0.769. The maximum absolute atomic E-state index is 11.0. The van der Waals surface area contributed by atoms with Gasteiger partial charge in [0, 0.05) is 0 Å². The standard InChI is InChI=1S/C13H19N3O/c17-9-12-13(8-10-6-7-10)16(15-14-12)11-4-2-1-3-5-11/h9-11H,1-8H2. The molecule has 0 N–H and O–H groups in total. The number of hydrogen-bond acceptors (Lipinski definition) is 3. The lowest BCUT2D eigenvalue weighted by atomic mass is 9.95. The Bertz CT molecular complexity index is 403. The molecule has 2 fully saturated rings. The lowest BCUT2D eigenvalue weighted by Crippen LogP contribution is -2.17. The van der Waals surface area contributed by atoms with Crippen LogP contribution in [0, 0.1) is 5.92 Å². The van der Waals surface area contributed by atoms with Gasteiger partial charge in [0.05, 0.1) is 11.7 Å². The molecular weight excluding hydrogens is 214 g/mol. The zero-order valence-corrected chi connectivity index (χ0v) is 10.1. The second kappa shape index (κ2) is 4.59. The summed E-state index contributed by atoms with van der Waals surface area (Å²) in [5.74, 6) is 0.773. The minimum Gasteiger partial charge on any atom is -0.296 e. The molecule has 4 heteroatoms. The first-order valence-electron chi connectivity index (χ1n) is 6.77. The molecule has 0 bridgehead atoms. The van der Waals surface area contributed by atoms with E-state index in [-0.39, 0.29) is 0 Å². The van der Waals surface area contributed by atoms with Crippen molar-refractivity contribution < 1.29 is 4.79 Å². The van der Waals surface area contributed by atoms with Gasteiger partial charge in [-0.3, -0.25) is 4.79 Å². The van der Waals surface area contributed by atoms with Crippen molar-refractivity contribution >= 4 is 6.29 Å². The van der Waals surface area contributed by atoms with Gasteiger partial charge in [-0.15, -0.1) is 5.10 Å². The summed E-state index contributed by atoms with van der Waals surface area (Å²) in [5.41, 5.74) is 1.66. The highest BCUT2D eigenvalue weighted by atomic mass is 16.1. The molecule has 92 valence electrons.